The first-order valence-electron chi connectivity index (χ1n) is 34.2. The van der Waals surface area contributed by atoms with E-state index in [0.717, 1.165) is 15.5 Å². The zero-order valence-corrected chi connectivity index (χ0v) is 65.7. The largest absolute Gasteiger partial charge is 0.780 e. The van der Waals surface area contributed by atoms with Crippen molar-refractivity contribution in [2.75, 3.05) is 49.4 Å². The van der Waals surface area contributed by atoms with Crippen molar-refractivity contribution in [3.05, 3.63) is 105 Å². The molecule has 8 aromatic rings. The molecule has 8 aliphatic rings. The van der Waals surface area contributed by atoms with Gasteiger partial charge in [-0.05, 0) is 41.0 Å². The van der Waals surface area contributed by atoms with Crippen molar-refractivity contribution in [1.82, 2.24) is 77.7 Å². The van der Waals surface area contributed by atoms with Crippen LogP contribution in [-0.2, 0) is 126 Å². The average molecular weight is 1720 g/mol. The van der Waals surface area contributed by atoms with E-state index in [0.29, 0.717) is 12.0 Å². The standard InChI is InChI=1S/C57H72N20O27P4S4/c1-7-24-25(8-29(96-24)75-16-62-30-40(75)66-50(59)69-44(30)80)101-105(85,109)89-12-27-26(9-28(97-27)73-11-20(3)43(79)72-54(73)84)102-106(86,110)91-14-56-22(5)94-34(48(99-56)76-17-63-31-41(76)67-51(60)70-45(31)81)37(56)104-108(88,112)92-15-57-23(6)95-35(49(100-57)77-18-64-32-42(77)68-52(61)71-46(32)82)38(57)103-107(87,111)90-13-55-21(4)93-33(36(55)78)47(98-55)74-10-19(2)39(58)65-53(74)83/h10-11,16-18,21-29,33-38,47-49,78H,7-9,12-15H2,1-6H3,(H,85,109)(H,86,110)(H,87,111)(H,88,112)(H2,58,65,83)(H,72,79,84)(H3,59,66,69,80)(H3,60,67,70,81)(H3,61,68,71,82)/p-4/t21-,22-,23-,24+,25?,26?,27+,28+,29+,33-,34-,35-,36?,37?,38?,47+,48+,49+,55-,56-,57-,105?,106?,107?,108?/m0/s1. The van der Waals surface area contributed by atoms with Crippen LogP contribution in [0.1, 0.15) is 89.2 Å². The van der Waals surface area contributed by atoms with E-state index in [1.54, 1.807) is 13.8 Å². The Labute approximate surface area is 646 Å². The first-order chi connectivity index (χ1) is 52.8. The summed E-state index contributed by atoms with van der Waals surface area (Å²) < 4.78 is 120. The van der Waals surface area contributed by atoms with Gasteiger partial charge in [0.2, 0.25) is 17.8 Å². The molecular weight excluding hydrogens is 1650 g/mol. The summed E-state index contributed by atoms with van der Waals surface area (Å²) in [5, 5.41) is 11.7. The molecule has 9 unspecified atom stereocenters. The number of nitrogens with two attached hydrogens (primary N) is 4. The Balaban J connectivity index is 0.667. The van der Waals surface area contributed by atoms with Crippen molar-refractivity contribution in [3.8, 4) is 0 Å². The van der Waals surface area contributed by atoms with Crippen LogP contribution in [0.2, 0.25) is 0 Å². The highest BCUT2D eigenvalue weighted by atomic mass is 32.7. The van der Waals surface area contributed by atoms with Crippen LogP contribution in [0.15, 0.2) is 60.1 Å². The Hall–Kier alpha value is -6.46. The Morgan fingerprint density at radius 1 is 0.554 bits per heavy atom. The molecule has 13 N–H and O–H groups in total. The second kappa shape index (κ2) is 28.7. The molecule has 112 heavy (non-hydrogen) atoms. The molecule has 0 saturated carbocycles. The van der Waals surface area contributed by atoms with E-state index in [9.17, 15) is 43.3 Å². The zero-order chi connectivity index (χ0) is 79.7. The molecule has 0 aliphatic carbocycles. The van der Waals surface area contributed by atoms with Crippen LogP contribution in [0.3, 0.4) is 0 Å². The van der Waals surface area contributed by atoms with Crippen LogP contribution >= 0.6 is 27.0 Å². The van der Waals surface area contributed by atoms with Crippen LogP contribution < -0.4 is 71.2 Å². The van der Waals surface area contributed by atoms with Crippen LogP contribution in [0.25, 0.3) is 33.5 Å². The van der Waals surface area contributed by atoms with Crippen molar-refractivity contribution in [3.63, 3.8) is 0 Å². The molecule has 0 radical (unpaired) electrons. The summed E-state index contributed by atoms with van der Waals surface area (Å²) in [7, 11) is 0. The summed E-state index contributed by atoms with van der Waals surface area (Å²) in [6, 6.07) is 0. The highest BCUT2D eigenvalue weighted by molar-refractivity contribution is 8.32. The topological polar surface area (TPSA) is 639 Å². The van der Waals surface area contributed by atoms with Gasteiger partial charge in [0, 0.05) is 36.4 Å². The number of nitrogen functional groups attached to an aromatic ring is 4. The third-order valence-electron chi connectivity index (χ3n) is 21.0. The molecule has 8 aliphatic heterocycles. The second-order valence-corrected chi connectivity index (χ2v) is 38.6. The number of hydrogen-bond acceptors (Lipinski definition) is 42. The van der Waals surface area contributed by atoms with Crippen molar-refractivity contribution < 1.29 is 98.4 Å². The molecule has 8 fully saturated rings. The molecule has 606 valence electrons. The lowest BCUT2D eigenvalue weighted by atomic mass is 9.94. The third kappa shape index (κ3) is 13.8. The minimum atomic E-state index is -5.17. The number of rotatable bonds is 26. The predicted octanol–water partition coefficient (Wildman–Crippen LogP) is -3.33. The van der Waals surface area contributed by atoms with Crippen molar-refractivity contribution >= 4 is 132 Å². The first-order valence-corrected chi connectivity index (χ1v) is 44.4. The number of hydrogen-bond donors (Lipinski definition) is 9. The molecular formula is C57H68N20O27P4S4-4. The molecule has 6 bridgehead atoms. The number of imidazole rings is 3. The van der Waals surface area contributed by atoms with E-state index in [4.69, 9.17) is 145 Å². The maximum absolute atomic E-state index is 15.5. The van der Waals surface area contributed by atoms with E-state index in [2.05, 4.69) is 54.8 Å². The van der Waals surface area contributed by atoms with E-state index in [1.165, 1.54) is 66.4 Å². The molecule has 0 aromatic carbocycles. The molecule has 8 aromatic heterocycles. The molecule has 0 spiro atoms. The zero-order valence-electron chi connectivity index (χ0n) is 58.9. The van der Waals surface area contributed by atoms with Crippen molar-refractivity contribution in [2.24, 2.45) is 0 Å². The number of nitrogens with zero attached hydrogens (tertiary/aromatic N) is 12. The highest BCUT2D eigenvalue weighted by Gasteiger charge is 2.71. The normalized spacial score (nSPS) is 34.8. The maximum Gasteiger partial charge on any atom is 0.351 e. The summed E-state index contributed by atoms with van der Waals surface area (Å²) in [4.78, 5) is 162. The van der Waals surface area contributed by atoms with Gasteiger partial charge in [0.25, 0.3) is 22.2 Å². The van der Waals surface area contributed by atoms with Gasteiger partial charge in [0.1, 0.15) is 98.0 Å². The van der Waals surface area contributed by atoms with Crippen LogP contribution in [-0.4, -0.2) is 205 Å². The van der Waals surface area contributed by atoms with Gasteiger partial charge < -0.3 is 129 Å². The number of aromatic amines is 4. The molecule has 8 saturated heterocycles. The Morgan fingerprint density at radius 3 is 1.49 bits per heavy atom. The Morgan fingerprint density at radius 2 is 0.973 bits per heavy atom. The number of aryl methyl sites for hydroxylation is 2. The summed E-state index contributed by atoms with van der Waals surface area (Å²) in [6.45, 7) is -13.9. The van der Waals surface area contributed by atoms with Gasteiger partial charge in [0.05, 0.1) is 82.0 Å². The quantitative estimate of drug-likeness (QED) is 0.0189. The number of anilines is 4. The van der Waals surface area contributed by atoms with Gasteiger partial charge in [-0.3, -0.25) is 66.5 Å². The summed E-state index contributed by atoms with van der Waals surface area (Å²) in [5.74, 6) is -0.905. The predicted molar refractivity (Wildman–Crippen MR) is 387 cm³/mol. The highest BCUT2D eigenvalue weighted by Crippen LogP contribution is 2.62. The van der Waals surface area contributed by atoms with E-state index >= 15 is 9.79 Å². The molecule has 55 heteroatoms. The molecule has 25 atom stereocenters. The maximum atomic E-state index is 15.5. The fourth-order valence-electron chi connectivity index (χ4n) is 15.4. The van der Waals surface area contributed by atoms with Crippen LogP contribution in [0, 0.1) is 13.8 Å². The van der Waals surface area contributed by atoms with Gasteiger partial charge in [0.15, 0.2) is 59.0 Å². The number of H-pyrrole nitrogens is 4. The summed E-state index contributed by atoms with van der Waals surface area (Å²) in [5.41, 5.74) is 12.9. The van der Waals surface area contributed by atoms with Crippen molar-refractivity contribution in [2.45, 2.75) is 188 Å². The number of aliphatic hydroxyl groups excluding tert-OH is 1. The van der Waals surface area contributed by atoms with Crippen molar-refractivity contribution in [1.29, 1.82) is 0 Å². The number of ether oxygens (including phenoxy) is 8. The van der Waals surface area contributed by atoms with E-state index < -0.39 is 214 Å². The molecule has 47 nitrogen and oxygen atoms in total. The van der Waals surface area contributed by atoms with Gasteiger partial charge in [-0.2, -0.15) is 19.9 Å². The van der Waals surface area contributed by atoms with Gasteiger partial charge in [-0.1, -0.05) is 42.3 Å². The van der Waals surface area contributed by atoms with Gasteiger partial charge >= 0.3 is 11.4 Å². The average Bonchev–Trinajstić information content (AvgIpc) is 1.55. The van der Waals surface area contributed by atoms with E-state index in [-0.39, 0.29) is 75.6 Å². The fraction of sp³-hybridized carbons (Fsp3) is 0.596. The number of aromatic nitrogens is 16. The fourth-order valence-corrected chi connectivity index (χ4v) is 21.2. The molecule has 16 rings (SSSR count). The number of aliphatic hydroxyl groups is 1. The number of fused-ring (bicyclic) bond motifs is 9. The lowest BCUT2D eigenvalue weighted by Crippen LogP contribution is -2.52. The van der Waals surface area contributed by atoms with Gasteiger partial charge in [-0.25, -0.2) is 24.5 Å². The van der Waals surface area contributed by atoms with E-state index in [1.807, 2.05) is 0 Å². The Kier molecular flexibility index (Phi) is 20.4. The minimum absolute atomic E-state index is 0.00119. The monoisotopic (exact) mass is 1720 g/mol. The lowest BCUT2D eigenvalue weighted by molar-refractivity contribution is -0.246. The summed E-state index contributed by atoms with van der Waals surface area (Å²) in [6.07, 6.45) is -17.5. The van der Waals surface area contributed by atoms with Crippen LogP contribution in [0.4, 0.5) is 23.7 Å². The number of nitrogens with one attached hydrogen (secondary N) is 4. The third-order valence-corrected chi connectivity index (χ3v) is 27.1. The SMILES string of the molecule is CC[C@H]1O[C@@H](n2cnc3c(=O)[nH]c(N)nc32)CC1OP(=O)([S-])OC[C@H]1O[C@@H](n2cc(C)c(=O)[nH]c2=O)CC1OP([O-])(=S)OC[C@]12O[C@@H](n3cnc4c(=O)[nH]c(N)nc43)[C@@H](O[C@H]1C)C2OP([O-])(=S)OC[C@]12O[C@@H](n3cnc4c(=O)[nH]c(N)nc43)[C@@H](O[C@H]1C)C2OP([O-])(=S)OC[C@]12O[C@@H](n3cc(C)c(N)nc3=O)[C@@H](O[C@H]1C)C2O. The van der Waals surface area contributed by atoms with Gasteiger partial charge in [-0.15, -0.1) is 0 Å². The minimum Gasteiger partial charge on any atom is -0.780 e. The molecule has 16 heterocycles. The first kappa shape index (κ1) is 79.4. The summed E-state index contributed by atoms with van der Waals surface area (Å²) >= 11 is 22.4. The van der Waals surface area contributed by atoms with Crippen LogP contribution in [0.5, 0.6) is 0 Å². The Bertz CT molecular complexity index is 5720. The second-order valence-electron chi connectivity index (χ2n) is 27.7. The molecule has 0 amide bonds. The lowest BCUT2D eigenvalue weighted by Gasteiger charge is -2.42. The smallest absolute Gasteiger partial charge is 0.351 e.